The second-order valence-electron chi connectivity index (χ2n) is 4.53. The van der Waals surface area contributed by atoms with Gasteiger partial charge in [-0.3, -0.25) is 0 Å². The van der Waals surface area contributed by atoms with E-state index in [9.17, 15) is 0 Å². The van der Waals surface area contributed by atoms with Crippen molar-refractivity contribution < 1.29 is 0 Å². The fourth-order valence-electron chi connectivity index (χ4n) is 1.54. The molecule has 0 saturated heterocycles. The van der Waals surface area contributed by atoms with Gasteiger partial charge in [-0.1, -0.05) is 50.6 Å². The summed E-state index contributed by atoms with van der Waals surface area (Å²) in [5.41, 5.74) is 2.96. The minimum absolute atomic E-state index is 0.226. The first-order chi connectivity index (χ1) is 6.56. The summed E-state index contributed by atoms with van der Waals surface area (Å²) in [5, 5.41) is 3.40. The van der Waals surface area contributed by atoms with Crippen molar-refractivity contribution >= 4 is 0 Å². The van der Waals surface area contributed by atoms with Crippen LogP contribution in [0.25, 0.3) is 0 Å². The Hall–Kier alpha value is -0.820. The maximum absolute atomic E-state index is 3.40. The second-order valence-corrected chi connectivity index (χ2v) is 4.53. The van der Waals surface area contributed by atoms with Crippen molar-refractivity contribution in [1.82, 2.24) is 5.32 Å². The first kappa shape index (κ1) is 11.3. The summed E-state index contributed by atoms with van der Waals surface area (Å²) in [6.45, 7) is 10.9. The lowest BCUT2D eigenvalue weighted by Crippen LogP contribution is -2.32. The van der Waals surface area contributed by atoms with Crippen LogP contribution >= 0.6 is 0 Å². The van der Waals surface area contributed by atoms with E-state index >= 15 is 0 Å². The molecule has 1 heteroatoms. The van der Waals surface area contributed by atoms with Gasteiger partial charge in [0.15, 0.2) is 0 Å². The smallest absolute Gasteiger partial charge is 0.00430 e. The molecule has 0 fully saturated rings. The van der Waals surface area contributed by atoms with Crippen LogP contribution in [0.2, 0.25) is 0 Å². The molecule has 1 N–H and O–H groups in total. The van der Waals surface area contributed by atoms with Crippen molar-refractivity contribution in [2.75, 3.05) is 13.1 Å². The summed E-state index contributed by atoms with van der Waals surface area (Å²) < 4.78 is 0. The van der Waals surface area contributed by atoms with E-state index in [0.29, 0.717) is 0 Å². The van der Waals surface area contributed by atoms with Crippen LogP contribution in [0.3, 0.4) is 0 Å². The Balaban J connectivity index is 2.75. The SMILES string of the molecule is CCNCC(C)(C)c1ccc(C)cc1. The van der Waals surface area contributed by atoms with E-state index in [1.54, 1.807) is 0 Å². The molecule has 1 nitrogen and oxygen atoms in total. The van der Waals surface area contributed by atoms with Gasteiger partial charge >= 0.3 is 0 Å². The summed E-state index contributed by atoms with van der Waals surface area (Å²) >= 11 is 0. The number of rotatable bonds is 4. The number of likely N-dealkylation sites (N-methyl/N-ethyl adjacent to an activating group) is 1. The molecule has 0 atom stereocenters. The lowest BCUT2D eigenvalue weighted by molar-refractivity contribution is 0.477. The molecule has 1 aromatic carbocycles. The Morgan fingerprint density at radius 3 is 2.21 bits per heavy atom. The Morgan fingerprint density at radius 2 is 1.71 bits per heavy atom. The largest absolute Gasteiger partial charge is 0.316 e. The number of nitrogens with one attached hydrogen (secondary N) is 1. The third kappa shape index (κ3) is 2.85. The van der Waals surface area contributed by atoms with Crippen LogP contribution in [0.5, 0.6) is 0 Å². The highest BCUT2D eigenvalue weighted by Crippen LogP contribution is 2.22. The Morgan fingerprint density at radius 1 is 1.14 bits per heavy atom. The monoisotopic (exact) mass is 191 g/mol. The van der Waals surface area contributed by atoms with E-state index in [0.717, 1.165) is 13.1 Å². The summed E-state index contributed by atoms with van der Waals surface area (Å²) in [6.07, 6.45) is 0. The lowest BCUT2D eigenvalue weighted by atomic mass is 9.84. The summed E-state index contributed by atoms with van der Waals surface area (Å²) in [4.78, 5) is 0. The van der Waals surface area contributed by atoms with E-state index in [4.69, 9.17) is 0 Å². The molecule has 0 aliphatic carbocycles. The van der Waals surface area contributed by atoms with E-state index < -0.39 is 0 Å². The zero-order chi connectivity index (χ0) is 10.6. The normalized spacial score (nSPS) is 11.7. The highest BCUT2D eigenvalue weighted by molar-refractivity contribution is 5.27. The minimum atomic E-state index is 0.226. The summed E-state index contributed by atoms with van der Waals surface area (Å²) in [6, 6.07) is 8.82. The van der Waals surface area contributed by atoms with Gasteiger partial charge in [0.05, 0.1) is 0 Å². The van der Waals surface area contributed by atoms with Gasteiger partial charge in [-0.15, -0.1) is 0 Å². The van der Waals surface area contributed by atoms with Gasteiger partial charge in [-0.2, -0.15) is 0 Å². The first-order valence-electron chi connectivity index (χ1n) is 5.34. The number of aryl methyl sites for hydroxylation is 1. The predicted molar refractivity (Wildman–Crippen MR) is 62.7 cm³/mol. The van der Waals surface area contributed by atoms with E-state index in [2.05, 4.69) is 57.3 Å². The molecule has 0 spiro atoms. The Bertz CT molecular complexity index is 272. The molecule has 0 amide bonds. The molecule has 0 heterocycles. The number of hydrogen-bond acceptors (Lipinski definition) is 1. The molecule has 1 rings (SSSR count). The van der Waals surface area contributed by atoms with Crippen molar-refractivity contribution in [3.8, 4) is 0 Å². The van der Waals surface area contributed by atoms with Gasteiger partial charge in [-0.05, 0) is 19.0 Å². The Labute approximate surface area is 87.5 Å². The van der Waals surface area contributed by atoms with Crippen molar-refractivity contribution in [3.05, 3.63) is 35.4 Å². The zero-order valence-electron chi connectivity index (χ0n) is 9.72. The Kier molecular flexibility index (Phi) is 3.70. The summed E-state index contributed by atoms with van der Waals surface area (Å²) in [7, 11) is 0. The van der Waals surface area contributed by atoms with Crippen LogP contribution in [-0.4, -0.2) is 13.1 Å². The van der Waals surface area contributed by atoms with Crippen molar-refractivity contribution in [2.45, 2.75) is 33.1 Å². The number of benzene rings is 1. The van der Waals surface area contributed by atoms with Crippen LogP contribution in [0.4, 0.5) is 0 Å². The van der Waals surface area contributed by atoms with Crippen LogP contribution in [0.15, 0.2) is 24.3 Å². The van der Waals surface area contributed by atoms with E-state index in [-0.39, 0.29) is 5.41 Å². The summed E-state index contributed by atoms with van der Waals surface area (Å²) in [5.74, 6) is 0. The van der Waals surface area contributed by atoms with Crippen LogP contribution in [0, 0.1) is 6.92 Å². The molecule has 0 unspecified atom stereocenters. The topological polar surface area (TPSA) is 12.0 Å². The van der Waals surface area contributed by atoms with Crippen LogP contribution in [0.1, 0.15) is 31.9 Å². The van der Waals surface area contributed by atoms with E-state index in [1.807, 2.05) is 0 Å². The fourth-order valence-corrected chi connectivity index (χ4v) is 1.54. The fraction of sp³-hybridized carbons (Fsp3) is 0.538. The molecule has 1 aromatic rings. The standard InChI is InChI=1S/C13H21N/c1-5-14-10-13(3,4)12-8-6-11(2)7-9-12/h6-9,14H,5,10H2,1-4H3. The number of hydrogen-bond donors (Lipinski definition) is 1. The molecule has 0 saturated carbocycles. The lowest BCUT2D eigenvalue weighted by Gasteiger charge is -2.25. The van der Waals surface area contributed by atoms with Gasteiger partial charge in [0, 0.05) is 12.0 Å². The van der Waals surface area contributed by atoms with Gasteiger partial charge in [-0.25, -0.2) is 0 Å². The molecule has 0 aliphatic heterocycles. The van der Waals surface area contributed by atoms with Crippen LogP contribution < -0.4 is 5.32 Å². The quantitative estimate of drug-likeness (QED) is 0.771. The molecule has 0 radical (unpaired) electrons. The third-order valence-corrected chi connectivity index (χ3v) is 2.65. The zero-order valence-corrected chi connectivity index (χ0v) is 9.72. The van der Waals surface area contributed by atoms with Gasteiger partial charge in [0.1, 0.15) is 0 Å². The molecular weight excluding hydrogens is 170 g/mol. The molecule has 78 valence electrons. The third-order valence-electron chi connectivity index (χ3n) is 2.65. The highest BCUT2D eigenvalue weighted by Gasteiger charge is 2.19. The molecular formula is C13H21N. The van der Waals surface area contributed by atoms with Crippen LogP contribution in [-0.2, 0) is 5.41 Å². The molecule has 0 aromatic heterocycles. The van der Waals surface area contributed by atoms with Crippen molar-refractivity contribution in [2.24, 2.45) is 0 Å². The van der Waals surface area contributed by atoms with Crippen molar-refractivity contribution in [3.63, 3.8) is 0 Å². The van der Waals surface area contributed by atoms with E-state index in [1.165, 1.54) is 11.1 Å². The molecule has 14 heavy (non-hydrogen) atoms. The maximum Gasteiger partial charge on any atom is 0.00430 e. The van der Waals surface area contributed by atoms with Gasteiger partial charge < -0.3 is 5.32 Å². The molecule has 0 bridgehead atoms. The predicted octanol–water partition coefficient (Wildman–Crippen LogP) is 2.88. The average molecular weight is 191 g/mol. The average Bonchev–Trinajstić information content (AvgIpc) is 2.16. The van der Waals surface area contributed by atoms with Gasteiger partial charge in [0.2, 0.25) is 0 Å². The minimum Gasteiger partial charge on any atom is -0.316 e. The maximum atomic E-state index is 3.40. The highest BCUT2D eigenvalue weighted by atomic mass is 14.9. The van der Waals surface area contributed by atoms with Gasteiger partial charge in [0.25, 0.3) is 0 Å². The first-order valence-corrected chi connectivity index (χ1v) is 5.34. The van der Waals surface area contributed by atoms with Crippen molar-refractivity contribution in [1.29, 1.82) is 0 Å². The molecule has 0 aliphatic rings. The second kappa shape index (κ2) is 4.61.